The second-order valence-electron chi connectivity index (χ2n) is 7.59. The van der Waals surface area contributed by atoms with Gasteiger partial charge in [0.15, 0.2) is 5.60 Å². The molecule has 154 valence electrons. The molecule has 3 heteroatoms. The van der Waals surface area contributed by atoms with E-state index in [9.17, 15) is 0 Å². The first-order valence-electron chi connectivity index (χ1n) is 10.6. The van der Waals surface area contributed by atoms with Crippen molar-refractivity contribution in [1.82, 2.24) is 0 Å². The van der Waals surface area contributed by atoms with Gasteiger partial charge in [-0.1, -0.05) is 97.1 Å². The first-order chi connectivity index (χ1) is 15.4. The molecule has 1 aliphatic heterocycles. The topological polar surface area (TPSA) is 31.0 Å². The van der Waals surface area contributed by atoms with Crippen LogP contribution in [0.15, 0.2) is 115 Å². The highest BCUT2D eigenvalue weighted by Gasteiger charge is 2.41. The van der Waals surface area contributed by atoms with Crippen molar-refractivity contribution in [3.8, 4) is 11.5 Å². The van der Waals surface area contributed by atoms with Gasteiger partial charge in [0.05, 0.1) is 6.61 Å². The van der Waals surface area contributed by atoms with Crippen LogP contribution in [0.4, 0.5) is 0 Å². The van der Waals surface area contributed by atoms with Crippen LogP contribution in [0.5, 0.6) is 11.5 Å². The van der Waals surface area contributed by atoms with E-state index in [0.29, 0.717) is 6.61 Å². The highest BCUT2D eigenvalue weighted by atomic mass is 16.6. The van der Waals surface area contributed by atoms with E-state index in [-0.39, 0.29) is 6.10 Å². The summed E-state index contributed by atoms with van der Waals surface area (Å²) in [6.45, 7) is 1.28. The largest absolute Gasteiger partial charge is 0.490 e. The van der Waals surface area contributed by atoms with Gasteiger partial charge in [0.2, 0.25) is 0 Å². The molecule has 1 unspecified atom stereocenters. The predicted octanol–water partition coefficient (Wildman–Crippen LogP) is 5.84. The monoisotopic (exact) mass is 408 g/mol. The fourth-order valence-electron chi connectivity index (χ4n) is 3.89. The summed E-state index contributed by atoms with van der Waals surface area (Å²) < 4.78 is 18.5. The van der Waals surface area contributed by atoms with Crippen molar-refractivity contribution in [2.24, 2.45) is 0 Å². The van der Waals surface area contributed by atoms with Crippen LogP contribution in [0.1, 0.15) is 16.7 Å². The highest BCUT2D eigenvalue weighted by molar-refractivity contribution is 5.54. The first-order valence-corrected chi connectivity index (χ1v) is 10.6. The molecule has 0 aliphatic carbocycles. The Balaban J connectivity index is 1.74. The standard InChI is InChI=1S/C28H24O3/c1-4-12-22(13-5-1)28(23-14-6-2-7-15-23,31-24-16-8-3-9-17-24)26-18-10-11-19-27(26)30-21-25-20-29-25/h1-19,25H,20-21H2. The second-order valence-corrected chi connectivity index (χ2v) is 7.59. The zero-order chi connectivity index (χ0) is 20.9. The number of epoxide rings is 1. The predicted molar refractivity (Wildman–Crippen MR) is 122 cm³/mol. The Morgan fingerprint density at radius 2 is 1.19 bits per heavy atom. The lowest BCUT2D eigenvalue weighted by Gasteiger charge is -2.37. The van der Waals surface area contributed by atoms with E-state index in [0.717, 1.165) is 34.8 Å². The summed E-state index contributed by atoms with van der Waals surface area (Å²) in [7, 11) is 0. The number of rotatable bonds is 8. The van der Waals surface area contributed by atoms with Gasteiger partial charge in [-0.15, -0.1) is 0 Å². The molecular weight excluding hydrogens is 384 g/mol. The minimum Gasteiger partial charge on any atom is -0.490 e. The normalized spacial score (nSPS) is 15.3. The number of hydrogen-bond acceptors (Lipinski definition) is 3. The van der Waals surface area contributed by atoms with Crippen molar-refractivity contribution in [1.29, 1.82) is 0 Å². The molecule has 31 heavy (non-hydrogen) atoms. The van der Waals surface area contributed by atoms with Crippen molar-refractivity contribution in [2.45, 2.75) is 11.7 Å². The molecule has 0 spiro atoms. The van der Waals surface area contributed by atoms with Crippen LogP contribution in [-0.4, -0.2) is 19.3 Å². The Morgan fingerprint density at radius 3 is 1.77 bits per heavy atom. The third kappa shape index (κ3) is 4.05. The van der Waals surface area contributed by atoms with Gasteiger partial charge in [-0.2, -0.15) is 0 Å². The van der Waals surface area contributed by atoms with E-state index in [1.54, 1.807) is 0 Å². The molecule has 0 saturated carbocycles. The third-order valence-electron chi connectivity index (χ3n) is 5.47. The molecule has 5 rings (SSSR count). The maximum Gasteiger partial charge on any atom is 0.188 e. The van der Waals surface area contributed by atoms with E-state index in [4.69, 9.17) is 14.2 Å². The van der Waals surface area contributed by atoms with Crippen molar-refractivity contribution in [2.75, 3.05) is 13.2 Å². The minimum absolute atomic E-state index is 0.172. The highest BCUT2D eigenvalue weighted by Crippen LogP contribution is 2.44. The van der Waals surface area contributed by atoms with Gasteiger partial charge in [-0.3, -0.25) is 0 Å². The van der Waals surface area contributed by atoms with E-state index < -0.39 is 5.60 Å². The van der Waals surface area contributed by atoms with Gasteiger partial charge in [0, 0.05) is 16.7 Å². The Hall–Kier alpha value is -3.56. The molecule has 1 heterocycles. The molecule has 4 aromatic rings. The lowest BCUT2D eigenvalue weighted by molar-refractivity contribution is 0.148. The summed E-state index contributed by atoms with van der Waals surface area (Å²) in [5.41, 5.74) is 2.13. The Labute approximate surface area is 182 Å². The van der Waals surface area contributed by atoms with Crippen LogP contribution in [0, 0.1) is 0 Å². The molecule has 3 nitrogen and oxygen atoms in total. The van der Waals surface area contributed by atoms with Gasteiger partial charge in [0.25, 0.3) is 0 Å². The quantitative estimate of drug-likeness (QED) is 0.271. The molecule has 0 radical (unpaired) electrons. The maximum absolute atomic E-state index is 6.91. The average Bonchev–Trinajstić information content (AvgIpc) is 3.68. The third-order valence-corrected chi connectivity index (χ3v) is 5.47. The van der Waals surface area contributed by atoms with Crippen LogP contribution < -0.4 is 9.47 Å². The number of ether oxygens (including phenoxy) is 3. The van der Waals surface area contributed by atoms with Crippen LogP contribution in [0.3, 0.4) is 0 Å². The van der Waals surface area contributed by atoms with Crippen molar-refractivity contribution in [3.05, 3.63) is 132 Å². The molecule has 1 atom stereocenters. The van der Waals surface area contributed by atoms with Gasteiger partial charge >= 0.3 is 0 Å². The van der Waals surface area contributed by atoms with Crippen molar-refractivity contribution in [3.63, 3.8) is 0 Å². The van der Waals surface area contributed by atoms with Gasteiger partial charge < -0.3 is 14.2 Å². The van der Waals surface area contributed by atoms with Gasteiger partial charge in [-0.25, -0.2) is 0 Å². The summed E-state index contributed by atoms with van der Waals surface area (Å²) in [6, 6.07) is 38.7. The number of benzene rings is 4. The zero-order valence-corrected chi connectivity index (χ0v) is 17.2. The van der Waals surface area contributed by atoms with E-state index in [1.807, 2.05) is 84.9 Å². The summed E-state index contributed by atoms with van der Waals surface area (Å²) in [4.78, 5) is 0. The first kappa shape index (κ1) is 19.4. The summed E-state index contributed by atoms with van der Waals surface area (Å²) in [5.74, 6) is 1.58. The fourth-order valence-corrected chi connectivity index (χ4v) is 3.89. The van der Waals surface area contributed by atoms with E-state index in [1.165, 1.54) is 0 Å². The van der Waals surface area contributed by atoms with Crippen LogP contribution >= 0.6 is 0 Å². The summed E-state index contributed by atoms with van der Waals surface area (Å²) in [5, 5.41) is 0. The summed E-state index contributed by atoms with van der Waals surface area (Å²) >= 11 is 0. The van der Waals surface area contributed by atoms with Crippen LogP contribution in [-0.2, 0) is 10.3 Å². The SMILES string of the molecule is c1ccc(OC(c2ccccc2)(c2ccccc2)c2ccccc2OCC2CO2)cc1. The van der Waals surface area contributed by atoms with E-state index in [2.05, 4.69) is 30.3 Å². The number of hydrogen-bond donors (Lipinski definition) is 0. The van der Waals surface area contributed by atoms with Gasteiger partial charge in [-0.05, 0) is 18.2 Å². The second kappa shape index (κ2) is 8.66. The number of para-hydroxylation sites is 2. The Kier molecular flexibility index (Phi) is 5.42. The molecular formula is C28H24O3. The zero-order valence-electron chi connectivity index (χ0n) is 17.2. The van der Waals surface area contributed by atoms with Crippen molar-refractivity contribution < 1.29 is 14.2 Å². The van der Waals surface area contributed by atoms with Gasteiger partial charge in [0.1, 0.15) is 24.2 Å². The molecule has 1 aliphatic rings. The molecule has 0 N–H and O–H groups in total. The minimum atomic E-state index is -0.884. The molecule has 1 fully saturated rings. The molecule has 1 saturated heterocycles. The average molecular weight is 408 g/mol. The molecule has 0 bridgehead atoms. The maximum atomic E-state index is 6.91. The molecule has 0 amide bonds. The summed E-state index contributed by atoms with van der Waals surface area (Å²) in [6.07, 6.45) is 0.172. The van der Waals surface area contributed by atoms with E-state index >= 15 is 0 Å². The fraction of sp³-hybridized carbons (Fsp3) is 0.143. The lowest BCUT2D eigenvalue weighted by Crippen LogP contribution is -2.36. The van der Waals surface area contributed by atoms with Crippen molar-refractivity contribution >= 4 is 0 Å². The molecule has 4 aromatic carbocycles. The Bertz CT molecular complexity index is 1070. The smallest absolute Gasteiger partial charge is 0.188 e. The van der Waals surface area contributed by atoms with Crippen LogP contribution in [0.25, 0.3) is 0 Å². The lowest BCUT2D eigenvalue weighted by atomic mass is 9.79. The van der Waals surface area contributed by atoms with Crippen LogP contribution in [0.2, 0.25) is 0 Å². The Morgan fingerprint density at radius 1 is 0.677 bits per heavy atom. The molecule has 0 aromatic heterocycles.